The van der Waals surface area contributed by atoms with E-state index in [0.29, 0.717) is 0 Å². The van der Waals surface area contributed by atoms with E-state index in [2.05, 4.69) is 5.32 Å². The SMILES string of the molecule is N#CC(C#N)=C(C#N)Nc1ccc(S(=O)(=O)O)c(O)c1. The van der Waals surface area contributed by atoms with Crippen molar-refractivity contribution in [3.8, 4) is 24.0 Å². The van der Waals surface area contributed by atoms with Gasteiger partial charge in [-0.15, -0.1) is 0 Å². The maximum absolute atomic E-state index is 10.9. The summed E-state index contributed by atoms with van der Waals surface area (Å²) in [7, 11) is -4.57. The van der Waals surface area contributed by atoms with Crippen molar-refractivity contribution in [2.24, 2.45) is 0 Å². The average Bonchev–Trinajstić information content (AvgIpc) is 2.37. The third-order valence-electron chi connectivity index (χ3n) is 2.09. The van der Waals surface area contributed by atoms with Gasteiger partial charge in [0.1, 0.15) is 34.5 Å². The van der Waals surface area contributed by atoms with E-state index < -0.39 is 26.3 Å². The molecule has 0 amide bonds. The highest BCUT2D eigenvalue weighted by Crippen LogP contribution is 2.26. The number of nitriles is 3. The van der Waals surface area contributed by atoms with Crippen LogP contribution in [-0.4, -0.2) is 18.1 Å². The van der Waals surface area contributed by atoms with Crippen molar-refractivity contribution in [2.45, 2.75) is 4.90 Å². The largest absolute Gasteiger partial charge is 0.506 e. The van der Waals surface area contributed by atoms with Crippen LogP contribution in [0, 0.1) is 34.0 Å². The molecule has 3 N–H and O–H groups in total. The average molecular weight is 290 g/mol. The van der Waals surface area contributed by atoms with Gasteiger partial charge in [-0.25, -0.2) is 0 Å². The number of phenolic OH excluding ortho intramolecular Hbond substituents is 1. The lowest BCUT2D eigenvalue weighted by molar-refractivity contribution is 0.443. The van der Waals surface area contributed by atoms with Crippen LogP contribution in [0.25, 0.3) is 0 Å². The van der Waals surface area contributed by atoms with Crippen molar-refractivity contribution in [1.82, 2.24) is 0 Å². The summed E-state index contributed by atoms with van der Waals surface area (Å²) < 4.78 is 30.5. The number of hydrogen-bond acceptors (Lipinski definition) is 7. The van der Waals surface area contributed by atoms with Crippen molar-refractivity contribution in [1.29, 1.82) is 15.8 Å². The number of aromatic hydroxyl groups is 1. The highest BCUT2D eigenvalue weighted by Gasteiger charge is 2.16. The lowest BCUT2D eigenvalue weighted by Gasteiger charge is -2.07. The predicted molar refractivity (Wildman–Crippen MR) is 65.4 cm³/mol. The minimum Gasteiger partial charge on any atom is -0.506 e. The number of rotatable bonds is 3. The zero-order valence-corrected chi connectivity index (χ0v) is 10.5. The second kappa shape index (κ2) is 5.72. The zero-order chi connectivity index (χ0) is 15.3. The second-order valence-corrected chi connectivity index (χ2v) is 4.76. The van der Waals surface area contributed by atoms with E-state index in [-0.39, 0.29) is 11.4 Å². The van der Waals surface area contributed by atoms with Crippen molar-refractivity contribution < 1.29 is 18.1 Å². The number of phenols is 1. The molecule has 0 aliphatic rings. The van der Waals surface area contributed by atoms with Crippen LogP contribution < -0.4 is 5.32 Å². The van der Waals surface area contributed by atoms with Crippen LogP contribution in [0.1, 0.15) is 0 Å². The minimum absolute atomic E-state index is 0.0643. The molecule has 0 aliphatic carbocycles. The van der Waals surface area contributed by atoms with Gasteiger partial charge in [0.05, 0.1) is 0 Å². The van der Waals surface area contributed by atoms with E-state index >= 15 is 0 Å². The molecule has 0 aromatic heterocycles. The summed E-state index contributed by atoms with van der Waals surface area (Å²) in [5.74, 6) is -0.745. The third kappa shape index (κ3) is 3.24. The van der Waals surface area contributed by atoms with Crippen LogP contribution in [0.5, 0.6) is 5.75 Å². The zero-order valence-electron chi connectivity index (χ0n) is 9.69. The van der Waals surface area contributed by atoms with E-state index in [9.17, 15) is 13.5 Å². The molecule has 0 saturated carbocycles. The quantitative estimate of drug-likeness (QED) is 0.546. The van der Waals surface area contributed by atoms with E-state index in [0.717, 1.165) is 18.2 Å². The van der Waals surface area contributed by atoms with Gasteiger partial charge in [-0.3, -0.25) is 4.55 Å². The van der Waals surface area contributed by atoms with Gasteiger partial charge in [-0.1, -0.05) is 0 Å². The Morgan fingerprint density at radius 1 is 1.15 bits per heavy atom. The molecule has 0 unspecified atom stereocenters. The molecule has 0 heterocycles. The van der Waals surface area contributed by atoms with Crippen LogP contribution in [0.2, 0.25) is 0 Å². The summed E-state index contributed by atoms with van der Waals surface area (Å²) >= 11 is 0. The highest BCUT2D eigenvalue weighted by molar-refractivity contribution is 7.86. The molecule has 1 aromatic carbocycles. The lowest BCUT2D eigenvalue weighted by Crippen LogP contribution is -2.02. The van der Waals surface area contributed by atoms with Gasteiger partial charge in [-0.05, 0) is 12.1 Å². The highest BCUT2D eigenvalue weighted by atomic mass is 32.2. The fourth-order valence-corrected chi connectivity index (χ4v) is 1.80. The van der Waals surface area contributed by atoms with Gasteiger partial charge < -0.3 is 10.4 Å². The summed E-state index contributed by atoms with van der Waals surface area (Å²) in [5.41, 5.74) is -0.755. The smallest absolute Gasteiger partial charge is 0.298 e. The van der Waals surface area contributed by atoms with Crippen LogP contribution >= 0.6 is 0 Å². The summed E-state index contributed by atoms with van der Waals surface area (Å²) in [4.78, 5) is -0.702. The standard InChI is InChI=1S/C11H6N4O4S/c12-4-7(5-13)9(6-14)15-8-1-2-11(10(16)3-8)20(17,18)19/h1-3,15-16H,(H,17,18,19). The molecule has 9 heteroatoms. The maximum Gasteiger partial charge on any atom is 0.298 e. The molecule has 0 aliphatic heterocycles. The Balaban J connectivity index is 3.25. The molecule has 1 rings (SSSR count). The Bertz CT molecular complexity index is 790. The molecule has 20 heavy (non-hydrogen) atoms. The maximum atomic E-state index is 10.9. The fraction of sp³-hybridized carbons (Fsp3) is 0. The first kappa shape index (κ1) is 15.0. The molecule has 8 nitrogen and oxygen atoms in total. The summed E-state index contributed by atoms with van der Waals surface area (Å²) in [6, 6.07) is 7.58. The molecule has 100 valence electrons. The van der Waals surface area contributed by atoms with E-state index in [4.69, 9.17) is 20.3 Å². The van der Waals surface area contributed by atoms with Gasteiger partial charge in [0.25, 0.3) is 10.1 Å². The van der Waals surface area contributed by atoms with Gasteiger partial charge in [0.2, 0.25) is 0 Å². The lowest BCUT2D eigenvalue weighted by atomic mass is 10.2. The van der Waals surface area contributed by atoms with Gasteiger partial charge in [-0.2, -0.15) is 24.2 Å². The Kier molecular flexibility index (Phi) is 4.29. The Hall–Kier alpha value is -3.06. The Morgan fingerprint density at radius 3 is 2.15 bits per heavy atom. The second-order valence-electron chi connectivity index (χ2n) is 3.37. The monoisotopic (exact) mass is 290 g/mol. The molecule has 0 fully saturated rings. The normalized spacial score (nSPS) is 9.70. The molecule has 0 bridgehead atoms. The molecular weight excluding hydrogens is 284 g/mol. The van der Waals surface area contributed by atoms with Crippen molar-refractivity contribution >= 4 is 15.8 Å². The molecule has 0 radical (unpaired) electrons. The fourth-order valence-electron chi connectivity index (χ4n) is 1.24. The summed E-state index contributed by atoms with van der Waals surface area (Å²) in [6.45, 7) is 0. The van der Waals surface area contributed by atoms with Gasteiger partial charge in [0, 0.05) is 11.8 Å². The predicted octanol–water partition coefficient (Wildman–Crippen LogP) is 0.876. The molecule has 0 spiro atoms. The first-order valence-electron chi connectivity index (χ1n) is 4.85. The minimum atomic E-state index is -4.57. The van der Waals surface area contributed by atoms with E-state index in [1.54, 1.807) is 6.07 Å². The number of nitrogens with one attached hydrogen (secondary N) is 1. The number of benzene rings is 1. The first-order valence-corrected chi connectivity index (χ1v) is 6.29. The van der Waals surface area contributed by atoms with Crippen molar-refractivity contribution in [3.05, 3.63) is 29.5 Å². The van der Waals surface area contributed by atoms with Crippen LogP contribution in [-0.2, 0) is 10.1 Å². The number of hydrogen-bond donors (Lipinski definition) is 3. The van der Waals surface area contributed by atoms with E-state index in [1.165, 1.54) is 12.1 Å². The molecule has 0 atom stereocenters. The van der Waals surface area contributed by atoms with Crippen molar-refractivity contribution in [2.75, 3.05) is 5.32 Å². The van der Waals surface area contributed by atoms with E-state index in [1.807, 2.05) is 0 Å². The van der Waals surface area contributed by atoms with Crippen LogP contribution in [0.15, 0.2) is 34.4 Å². The van der Waals surface area contributed by atoms with Crippen LogP contribution in [0.3, 0.4) is 0 Å². The molecule has 0 saturated heterocycles. The van der Waals surface area contributed by atoms with Crippen LogP contribution in [0.4, 0.5) is 5.69 Å². The summed E-state index contributed by atoms with van der Waals surface area (Å²) in [5, 5.41) is 37.9. The molecular formula is C11H6N4O4S. The van der Waals surface area contributed by atoms with Crippen molar-refractivity contribution in [3.63, 3.8) is 0 Å². The number of allylic oxidation sites excluding steroid dienone is 2. The molecule has 1 aromatic rings. The topological polar surface area (TPSA) is 158 Å². The first-order chi connectivity index (χ1) is 9.33. The summed E-state index contributed by atoms with van der Waals surface area (Å²) in [6.07, 6.45) is 0. The Labute approximate surface area is 114 Å². The number of nitrogens with zero attached hydrogens (tertiary/aromatic N) is 3. The number of anilines is 1. The van der Waals surface area contributed by atoms with Gasteiger partial charge in [0.15, 0.2) is 5.57 Å². The van der Waals surface area contributed by atoms with Gasteiger partial charge >= 0.3 is 0 Å². The Morgan fingerprint density at radius 2 is 1.75 bits per heavy atom. The third-order valence-corrected chi connectivity index (χ3v) is 2.99.